The van der Waals surface area contributed by atoms with Crippen molar-refractivity contribution in [2.75, 3.05) is 13.1 Å². The number of hydrogen-bond acceptors (Lipinski definition) is 2. The molecule has 0 aromatic carbocycles. The van der Waals surface area contributed by atoms with Crippen LogP contribution in [0.5, 0.6) is 0 Å². The molecule has 0 atom stereocenters. The van der Waals surface area contributed by atoms with E-state index in [9.17, 15) is 9.90 Å². The number of likely N-dealkylation sites (tertiary alicyclic amines) is 1. The third-order valence-corrected chi connectivity index (χ3v) is 5.93. The highest BCUT2D eigenvalue weighted by Crippen LogP contribution is 2.25. The second-order valence-electron chi connectivity index (χ2n) is 8.29. The number of piperidine rings is 1. The minimum Gasteiger partial charge on any atom is -0.387 e. The van der Waals surface area contributed by atoms with E-state index in [1.807, 2.05) is 4.90 Å². The predicted octanol–water partition coefficient (Wildman–Crippen LogP) is 6.63. The van der Waals surface area contributed by atoms with Gasteiger partial charge in [-0.3, -0.25) is 4.79 Å². The van der Waals surface area contributed by atoms with Crippen LogP contribution in [0, 0.1) is 12.0 Å². The third kappa shape index (κ3) is 11.2. The maximum Gasteiger partial charge on any atom is 0.222 e. The van der Waals surface area contributed by atoms with E-state index in [0.29, 0.717) is 24.3 Å². The molecule has 0 aromatic rings. The van der Waals surface area contributed by atoms with Gasteiger partial charge in [-0.05, 0) is 32.1 Å². The highest BCUT2D eigenvalue weighted by atomic mass is 16.3. The predicted molar refractivity (Wildman–Crippen MR) is 110 cm³/mol. The van der Waals surface area contributed by atoms with Gasteiger partial charge in [-0.2, -0.15) is 0 Å². The average molecular weight is 367 g/mol. The van der Waals surface area contributed by atoms with Crippen LogP contribution >= 0.6 is 0 Å². The second-order valence-corrected chi connectivity index (χ2v) is 8.29. The van der Waals surface area contributed by atoms with Crippen molar-refractivity contribution in [3.8, 4) is 0 Å². The number of aliphatic hydroxyl groups excluding tert-OH is 1. The van der Waals surface area contributed by atoms with Crippen LogP contribution in [-0.2, 0) is 4.79 Å². The van der Waals surface area contributed by atoms with E-state index in [4.69, 9.17) is 0 Å². The zero-order valence-electron chi connectivity index (χ0n) is 17.6. The van der Waals surface area contributed by atoms with Crippen LogP contribution in [-0.4, -0.2) is 29.0 Å². The van der Waals surface area contributed by atoms with Crippen LogP contribution < -0.4 is 0 Å². The molecular weight excluding hydrogens is 322 g/mol. The fraction of sp³-hybridized carbons (Fsp3) is 0.913. The third-order valence-electron chi connectivity index (χ3n) is 5.93. The Morgan fingerprint density at radius 1 is 0.808 bits per heavy atom. The molecule has 1 saturated heterocycles. The van der Waals surface area contributed by atoms with Crippen LogP contribution in [0.1, 0.15) is 117 Å². The molecule has 1 radical (unpaired) electrons. The smallest absolute Gasteiger partial charge is 0.222 e. The van der Waals surface area contributed by atoms with E-state index in [1.165, 1.54) is 77.0 Å². The van der Waals surface area contributed by atoms with Crippen molar-refractivity contribution in [2.24, 2.45) is 5.92 Å². The van der Waals surface area contributed by atoms with Gasteiger partial charge < -0.3 is 10.0 Å². The molecule has 26 heavy (non-hydrogen) atoms. The van der Waals surface area contributed by atoms with Crippen LogP contribution in [0.2, 0.25) is 0 Å². The topological polar surface area (TPSA) is 40.5 Å². The van der Waals surface area contributed by atoms with Crippen molar-refractivity contribution in [1.29, 1.82) is 0 Å². The summed E-state index contributed by atoms with van der Waals surface area (Å²) in [5, 5.41) is 9.55. The molecule has 1 rings (SSSR count). The van der Waals surface area contributed by atoms with Crippen molar-refractivity contribution in [3.05, 3.63) is 6.10 Å². The van der Waals surface area contributed by atoms with Gasteiger partial charge >= 0.3 is 0 Å². The van der Waals surface area contributed by atoms with Gasteiger partial charge in [0.1, 0.15) is 0 Å². The first-order valence-electron chi connectivity index (χ1n) is 11.4. The summed E-state index contributed by atoms with van der Waals surface area (Å²) in [4.78, 5) is 14.2. The number of aliphatic hydroxyl groups is 1. The Kier molecular flexibility index (Phi) is 14.0. The van der Waals surface area contributed by atoms with E-state index in [0.717, 1.165) is 32.4 Å². The number of carbonyl (C=O) groups excluding carboxylic acids is 1. The summed E-state index contributed by atoms with van der Waals surface area (Å²) >= 11 is 0. The molecule has 1 N–H and O–H groups in total. The Hall–Kier alpha value is -0.570. The van der Waals surface area contributed by atoms with E-state index in [2.05, 4.69) is 6.92 Å². The summed E-state index contributed by atoms with van der Waals surface area (Å²) in [6.07, 6.45) is 20.6. The maximum absolute atomic E-state index is 12.2. The summed E-state index contributed by atoms with van der Waals surface area (Å²) in [5.41, 5.74) is 0. The van der Waals surface area contributed by atoms with E-state index in [1.54, 1.807) is 6.92 Å². The summed E-state index contributed by atoms with van der Waals surface area (Å²) in [6.45, 7) is 5.70. The Labute approximate surface area is 162 Å². The Balaban J connectivity index is 1.85. The number of rotatable bonds is 15. The number of amides is 1. The Morgan fingerprint density at radius 2 is 1.23 bits per heavy atom. The summed E-state index contributed by atoms with van der Waals surface area (Å²) in [6, 6.07) is 0. The van der Waals surface area contributed by atoms with E-state index >= 15 is 0 Å². The molecule has 1 fully saturated rings. The van der Waals surface area contributed by atoms with Crippen LogP contribution in [0.25, 0.3) is 0 Å². The molecule has 1 aliphatic rings. The van der Waals surface area contributed by atoms with Crippen molar-refractivity contribution in [1.82, 2.24) is 4.90 Å². The van der Waals surface area contributed by atoms with Crippen molar-refractivity contribution in [2.45, 2.75) is 117 Å². The van der Waals surface area contributed by atoms with Crippen LogP contribution in [0.3, 0.4) is 0 Å². The minimum atomic E-state index is 0.301. The van der Waals surface area contributed by atoms with Gasteiger partial charge in [-0.25, -0.2) is 0 Å². The largest absolute Gasteiger partial charge is 0.387 e. The lowest BCUT2D eigenvalue weighted by molar-refractivity contribution is -0.132. The fourth-order valence-electron chi connectivity index (χ4n) is 4.00. The minimum absolute atomic E-state index is 0.301. The molecule has 0 saturated carbocycles. The zero-order chi connectivity index (χ0) is 19.0. The molecular formula is C23H44NO2. The SMILES string of the molecule is CCCCCCCCCCCCCCCC(=O)N1CCC([C](C)O)CC1. The second kappa shape index (κ2) is 15.5. The molecule has 0 aromatic heterocycles. The van der Waals surface area contributed by atoms with E-state index < -0.39 is 0 Å². The lowest BCUT2D eigenvalue weighted by Gasteiger charge is -2.33. The molecule has 0 aliphatic carbocycles. The first-order valence-corrected chi connectivity index (χ1v) is 11.4. The molecule has 3 nitrogen and oxygen atoms in total. The molecule has 1 amide bonds. The van der Waals surface area contributed by atoms with Crippen molar-refractivity contribution >= 4 is 5.91 Å². The van der Waals surface area contributed by atoms with Gasteiger partial charge in [0.2, 0.25) is 5.91 Å². The molecule has 1 heterocycles. The monoisotopic (exact) mass is 366 g/mol. The Bertz CT molecular complexity index is 335. The summed E-state index contributed by atoms with van der Waals surface area (Å²) in [7, 11) is 0. The summed E-state index contributed by atoms with van der Waals surface area (Å²) < 4.78 is 0. The molecule has 153 valence electrons. The quantitative estimate of drug-likeness (QED) is 0.330. The van der Waals surface area contributed by atoms with Crippen LogP contribution in [0.4, 0.5) is 0 Å². The molecule has 0 bridgehead atoms. The van der Waals surface area contributed by atoms with Crippen molar-refractivity contribution in [3.63, 3.8) is 0 Å². The van der Waals surface area contributed by atoms with Gasteiger partial charge in [0.25, 0.3) is 0 Å². The molecule has 3 heteroatoms. The Morgan fingerprint density at radius 3 is 1.65 bits per heavy atom. The lowest BCUT2D eigenvalue weighted by Crippen LogP contribution is -2.39. The molecule has 0 unspecified atom stereocenters. The standard InChI is InChI=1S/C23H44NO2/c1-3-4-5-6-7-8-9-10-11-12-13-14-15-16-23(26)24-19-17-22(18-20-24)21(2)25/h22,25H,3-20H2,1-2H3. The zero-order valence-corrected chi connectivity index (χ0v) is 17.6. The van der Waals surface area contributed by atoms with Gasteiger partial charge in [-0.1, -0.05) is 84.0 Å². The first-order chi connectivity index (χ1) is 12.6. The summed E-state index contributed by atoms with van der Waals surface area (Å²) in [5.74, 6) is 0.623. The fourth-order valence-corrected chi connectivity index (χ4v) is 4.00. The maximum atomic E-state index is 12.2. The number of carbonyl (C=O) groups is 1. The highest BCUT2D eigenvalue weighted by Gasteiger charge is 2.25. The van der Waals surface area contributed by atoms with Crippen LogP contribution in [0.15, 0.2) is 0 Å². The number of hydrogen-bond donors (Lipinski definition) is 1. The normalized spacial score (nSPS) is 15.8. The number of unbranched alkanes of at least 4 members (excludes halogenated alkanes) is 12. The van der Waals surface area contributed by atoms with Gasteiger partial charge in [-0.15, -0.1) is 0 Å². The average Bonchev–Trinajstić information content (AvgIpc) is 2.65. The molecule has 0 spiro atoms. The number of nitrogens with zero attached hydrogens (tertiary/aromatic N) is 1. The first kappa shape index (κ1) is 23.5. The van der Waals surface area contributed by atoms with Gasteiger partial charge in [0.05, 0.1) is 6.10 Å². The lowest BCUT2D eigenvalue weighted by atomic mass is 9.92. The van der Waals surface area contributed by atoms with E-state index in [-0.39, 0.29) is 0 Å². The van der Waals surface area contributed by atoms with Gasteiger partial charge in [0.15, 0.2) is 0 Å². The van der Waals surface area contributed by atoms with Gasteiger partial charge in [0, 0.05) is 19.5 Å². The molecule has 1 aliphatic heterocycles. The van der Waals surface area contributed by atoms with Crippen molar-refractivity contribution < 1.29 is 9.90 Å². The highest BCUT2D eigenvalue weighted by molar-refractivity contribution is 5.76.